The zero-order valence-corrected chi connectivity index (χ0v) is 18.8. The van der Waals surface area contributed by atoms with Crippen molar-refractivity contribution in [3.8, 4) is 6.07 Å². The average Bonchev–Trinajstić information content (AvgIpc) is 2.84. The number of nitro benzene ring substituents is 1. The van der Waals surface area contributed by atoms with Gasteiger partial charge in [0.1, 0.15) is 13.2 Å². The number of esters is 2. The van der Waals surface area contributed by atoms with Gasteiger partial charge in [0.15, 0.2) is 0 Å². The zero-order valence-electron chi connectivity index (χ0n) is 18.8. The van der Waals surface area contributed by atoms with Gasteiger partial charge < -0.3 is 14.4 Å². The molecule has 174 valence electrons. The van der Waals surface area contributed by atoms with E-state index in [-0.39, 0.29) is 36.5 Å². The fraction of sp³-hybridized carbons (Fsp3) is 0.240. The minimum atomic E-state index is -0.866. The minimum Gasteiger partial charge on any atom is -0.461 e. The van der Waals surface area contributed by atoms with Crippen LogP contribution in [-0.2, 0) is 25.7 Å². The minimum absolute atomic E-state index is 0.0257. The van der Waals surface area contributed by atoms with Crippen LogP contribution in [0.3, 0.4) is 0 Å². The standard InChI is InChI=1S/C25H23N3O6/c1-17-22(25(30)33-14-6-13-26)23(19-9-11-20(12-10-19)28(31)32)21(15-27(17)2)24(29)34-16-18-7-4-3-5-8-18/h3-5,7-12,15,23H,6,14,16H2,1-2H3. The van der Waals surface area contributed by atoms with Gasteiger partial charge in [-0.05, 0) is 18.1 Å². The van der Waals surface area contributed by atoms with Gasteiger partial charge in [-0.15, -0.1) is 0 Å². The summed E-state index contributed by atoms with van der Waals surface area (Å²) in [5.74, 6) is -2.17. The second-order valence-corrected chi connectivity index (χ2v) is 7.58. The molecule has 1 aliphatic heterocycles. The summed E-state index contributed by atoms with van der Waals surface area (Å²) < 4.78 is 10.8. The van der Waals surface area contributed by atoms with Crippen LogP contribution in [0.1, 0.15) is 30.4 Å². The lowest BCUT2D eigenvalue weighted by molar-refractivity contribution is -0.384. The first kappa shape index (κ1) is 24.2. The fourth-order valence-electron chi connectivity index (χ4n) is 3.58. The quantitative estimate of drug-likeness (QED) is 0.250. The third kappa shape index (κ3) is 5.48. The number of carbonyl (C=O) groups is 2. The molecule has 1 heterocycles. The maximum absolute atomic E-state index is 13.2. The highest BCUT2D eigenvalue weighted by atomic mass is 16.6. The van der Waals surface area contributed by atoms with E-state index >= 15 is 0 Å². The highest BCUT2D eigenvalue weighted by Gasteiger charge is 2.37. The van der Waals surface area contributed by atoms with Gasteiger partial charge in [0.2, 0.25) is 0 Å². The van der Waals surface area contributed by atoms with Crippen LogP contribution in [0.4, 0.5) is 5.69 Å². The molecule has 0 amide bonds. The van der Waals surface area contributed by atoms with Crippen LogP contribution in [0.25, 0.3) is 0 Å². The third-order valence-corrected chi connectivity index (χ3v) is 5.40. The predicted octanol–water partition coefficient (Wildman–Crippen LogP) is 3.98. The van der Waals surface area contributed by atoms with Crippen molar-refractivity contribution in [1.29, 1.82) is 5.26 Å². The number of rotatable bonds is 8. The topological polar surface area (TPSA) is 123 Å². The first-order chi connectivity index (χ1) is 16.3. The number of benzene rings is 2. The van der Waals surface area contributed by atoms with Crippen molar-refractivity contribution in [3.05, 3.63) is 98.9 Å². The van der Waals surface area contributed by atoms with Crippen LogP contribution in [-0.4, -0.2) is 35.4 Å². The van der Waals surface area contributed by atoms with Crippen LogP contribution >= 0.6 is 0 Å². The maximum Gasteiger partial charge on any atom is 0.336 e. The number of nitro groups is 1. The van der Waals surface area contributed by atoms with E-state index in [4.69, 9.17) is 14.7 Å². The summed E-state index contributed by atoms with van der Waals surface area (Å²) in [5.41, 5.74) is 2.11. The molecule has 34 heavy (non-hydrogen) atoms. The lowest BCUT2D eigenvalue weighted by Crippen LogP contribution is -2.30. The lowest BCUT2D eigenvalue weighted by atomic mass is 9.81. The van der Waals surface area contributed by atoms with Crippen LogP contribution in [0.5, 0.6) is 0 Å². The van der Waals surface area contributed by atoms with Crippen molar-refractivity contribution < 1.29 is 24.0 Å². The van der Waals surface area contributed by atoms with E-state index in [0.717, 1.165) is 5.56 Å². The Morgan fingerprint density at radius 1 is 1.09 bits per heavy atom. The summed E-state index contributed by atoms with van der Waals surface area (Å²) in [4.78, 5) is 38.4. The number of ether oxygens (including phenoxy) is 2. The molecule has 0 spiro atoms. The summed E-state index contributed by atoms with van der Waals surface area (Å²) in [5, 5.41) is 19.9. The summed E-state index contributed by atoms with van der Waals surface area (Å²) in [6, 6.07) is 16.7. The van der Waals surface area contributed by atoms with Gasteiger partial charge in [0.05, 0.1) is 34.5 Å². The van der Waals surface area contributed by atoms with Gasteiger partial charge >= 0.3 is 11.9 Å². The highest BCUT2D eigenvalue weighted by molar-refractivity contribution is 5.99. The Morgan fingerprint density at radius 3 is 2.38 bits per heavy atom. The van der Waals surface area contributed by atoms with E-state index < -0.39 is 22.8 Å². The summed E-state index contributed by atoms with van der Waals surface area (Å²) in [6.07, 6.45) is 1.61. The molecule has 3 rings (SSSR count). The Labute approximate surface area is 196 Å². The second kappa shape index (κ2) is 10.9. The molecule has 2 aromatic rings. The van der Waals surface area contributed by atoms with Gasteiger partial charge in [-0.2, -0.15) is 5.26 Å². The monoisotopic (exact) mass is 461 g/mol. The molecule has 0 saturated carbocycles. The molecule has 0 radical (unpaired) electrons. The Morgan fingerprint density at radius 2 is 1.76 bits per heavy atom. The molecule has 0 aliphatic carbocycles. The molecule has 0 aromatic heterocycles. The summed E-state index contributed by atoms with van der Waals surface area (Å²) in [6.45, 7) is 1.65. The largest absolute Gasteiger partial charge is 0.461 e. The van der Waals surface area contributed by atoms with Crippen molar-refractivity contribution in [2.45, 2.75) is 25.9 Å². The van der Waals surface area contributed by atoms with Gasteiger partial charge in [-0.3, -0.25) is 10.1 Å². The molecule has 0 fully saturated rings. The Kier molecular flexibility index (Phi) is 7.77. The van der Waals surface area contributed by atoms with E-state index in [1.54, 1.807) is 25.1 Å². The van der Waals surface area contributed by atoms with Crippen LogP contribution in [0, 0.1) is 21.4 Å². The number of nitrogens with zero attached hydrogens (tertiary/aromatic N) is 3. The van der Waals surface area contributed by atoms with Crippen LogP contribution < -0.4 is 0 Å². The second-order valence-electron chi connectivity index (χ2n) is 7.58. The van der Waals surface area contributed by atoms with E-state index in [2.05, 4.69) is 0 Å². The number of hydrogen-bond donors (Lipinski definition) is 0. The molecule has 1 aliphatic rings. The van der Waals surface area contributed by atoms with Crippen molar-refractivity contribution in [2.24, 2.45) is 0 Å². The number of nitriles is 1. The van der Waals surface area contributed by atoms with Crippen LogP contribution in [0.2, 0.25) is 0 Å². The molecule has 1 unspecified atom stereocenters. The highest BCUT2D eigenvalue weighted by Crippen LogP contribution is 2.40. The van der Waals surface area contributed by atoms with Gasteiger partial charge in [-0.1, -0.05) is 42.5 Å². The maximum atomic E-state index is 13.2. The Bertz CT molecular complexity index is 1180. The molecule has 0 N–H and O–H groups in total. The van der Waals surface area contributed by atoms with E-state index in [0.29, 0.717) is 11.3 Å². The first-order valence-corrected chi connectivity index (χ1v) is 10.5. The molecule has 9 heteroatoms. The van der Waals surface area contributed by atoms with E-state index in [1.165, 1.54) is 24.3 Å². The number of non-ortho nitro benzene ring substituents is 1. The summed E-state index contributed by atoms with van der Waals surface area (Å²) in [7, 11) is 1.69. The van der Waals surface area contributed by atoms with E-state index in [1.807, 2.05) is 36.4 Å². The van der Waals surface area contributed by atoms with Crippen molar-refractivity contribution >= 4 is 17.6 Å². The fourth-order valence-corrected chi connectivity index (χ4v) is 3.58. The number of carbonyl (C=O) groups excluding carboxylic acids is 2. The first-order valence-electron chi connectivity index (χ1n) is 10.5. The molecule has 2 aromatic carbocycles. The average molecular weight is 461 g/mol. The normalized spacial score (nSPS) is 15.3. The third-order valence-electron chi connectivity index (χ3n) is 5.40. The van der Waals surface area contributed by atoms with Gasteiger partial charge in [0, 0.05) is 31.1 Å². The molecular formula is C25H23N3O6. The molecular weight excluding hydrogens is 438 g/mol. The number of hydrogen-bond acceptors (Lipinski definition) is 8. The number of allylic oxidation sites excluding steroid dienone is 1. The van der Waals surface area contributed by atoms with Gasteiger partial charge in [-0.25, -0.2) is 9.59 Å². The van der Waals surface area contributed by atoms with Crippen molar-refractivity contribution in [2.75, 3.05) is 13.7 Å². The predicted molar refractivity (Wildman–Crippen MR) is 122 cm³/mol. The van der Waals surface area contributed by atoms with Crippen LogP contribution in [0.15, 0.2) is 77.6 Å². The SMILES string of the molecule is CC1=C(C(=O)OCCC#N)C(c2ccc([N+](=O)[O-])cc2)C(C(=O)OCc2ccccc2)=CN1C. The molecule has 0 saturated heterocycles. The Balaban J connectivity index is 1.99. The molecule has 1 atom stereocenters. The van der Waals surface area contributed by atoms with Gasteiger partial charge in [0.25, 0.3) is 5.69 Å². The summed E-state index contributed by atoms with van der Waals surface area (Å²) >= 11 is 0. The molecule has 9 nitrogen and oxygen atoms in total. The Hall–Kier alpha value is -4.45. The zero-order chi connectivity index (χ0) is 24.7. The van der Waals surface area contributed by atoms with Crippen molar-refractivity contribution in [3.63, 3.8) is 0 Å². The smallest absolute Gasteiger partial charge is 0.336 e. The molecule has 0 bridgehead atoms. The van der Waals surface area contributed by atoms with E-state index in [9.17, 15) is 19.7 Å². The lowest BCUT2D eigenvalue weighted by Gasteiger charge is -2.32. The van der Waals surface area contributed by atoms with Crippen molar-refractivity contribution in [1.82, 2.24) is 4.90 Å².